The highest BCUT2D eigenvalue weighted by atomic mass is 16.4. The van der Waals surface area contributed by atoms with Crippen molar-refractivity contribution in [2.45, 2.75) is 57.4 Å². The molecular formula is C22H30N2O3. The molecule has 5 heteroatoms. The Kier molecular flexibility index (Phi) is 5.22. The van der Waals surface area contributed by atoms with Crippen molar-refractivity contribution in [3.05, 3.63) is 30.3 Å². The molecule has 3 aliphatic rings. The third-order valence-corrected chi connectivity index (χ3v) is 6.97. The Labute approximate surface area is 161 Å². The van der Waals surface area contributed by atoms with E-state index in [0.29, 0.717) is 13.1 Å². The number of carbonyl (C=O) groups is 2. The first-order valence-corrected chi connectivity index (χ1v) is 10.4. The van der Waals surface area contributed by atoms with Gasteiger partial charge in [-0.25, -0.2) is 0 Å². The Morgan fingerprint density at radius 3 is 2.48 bits per heavy atom. The number of nitrogens with zero attached hydrogens (tertiary/aromatic N) is 2. The summed E-state index contributed by atoms with van der Waals surface area (Å²) in [4.78, 5) is 29.3. The normalized spacial score (nSPS) is 28.8. The molecule has 2 atom stereocenters. The zero-order valence-corrected chi connectivity index (χ0v) is 16.0. The zero-order chi connectivity index (χ0) is 18.9. The summed E-state index contributed by atoms with van der Waals surface area (Å²) >= 11 is 0. The van der Waals surface area contributed by atoms with Gasteiger partial charge in [-0.1, -0.05) is 43.9 Å². The van der Waals surface area contributed by atoms with Crippen LogP contribution in [0, 0.1) is 11.3 Å². The number of benzene rings is 1. The molecule has 2 aliphatic carbocycles. The monoisotopic (exact) mass is 370 g/mol. The maximum Gasteiger partial charge on any atom is 0.311 e. The molecule has 0 unspecified atom stereocenters. The van der Waals surface area contributed by atoms with Gasteiger partial charge in [-0.3, -0.25) is 14.5 Å². The summed E-state index contributed by atoms with van der Waals surface area (Å²) in [5, 5.41) is 9.80. The smallest absolute Gasteiger partial charge is 0.311 e. The van der Waals surface area contributed by atoms with Gasteiger partial charge in [-0.05, 0) is 43.7 Å². The van der Waals surface area contributed by atoms with E-state index in [1.165, 1.54) is 19.3 Å². The molecule has 1 N–H and O–H groups in total. The lowest BCUT2D eigenvalue weighted by atomic mass is 9.81. The second-order valence-corrected chi connectivity index (χ2v) is 8.61. The lowest BCUT2D eigenvalue weighted by molar-refractivity contribution is -0.149. The van der Waals surface area contributed by atoms with E-state index in [1.54, 1.807) is 0 Å². The van der Waals surface area contributed by atoms with Crippen LogP contribution in [0.3, 0.4) is 0 Å². The van der Waals surface area contributed by atoms with Crippen LogP contribution in [0.15, 0.2) is 30.3 Å². The van der Waals surface area contributed by atoms with Gasteiger partial charge in [-0.15, -0.1) is 0 Å². The number of anilines is 1. The van der Waals surface area contributed by atoms with Gasteiger partial charge in [0.15, 0.2) is 0 Å². The predicted molar refractivity (Wildman–Crippen MR) is 105 cm³/mol. The van der Waals surface area contributed by atoms with Crippen LogP contribution in [0.2, 0.25) is 0 Å². The van der Waals surface area contributed by atoms with Gasteiger partial charge >= 0.3 is 5.97 Å². The number of aliphatic carboxylic acids is 1. The van der Waals surface area contributed by atoms with E-state index in [-0.39, 0.29) is 17.9 Å². The number of carboxylic acids is 1. The van der Waals surface area contributed by atoms with Crippen LogP contribution in [0.4, 0.5) is 5.69 Å². The second kappa shape index (κ2) is 7.63. The van der Waals surface area contributed by atoms with Gasteiger partial charge in [0.2, 0.25) is 5.91 Å². The number of carboxylic acid groups (broad SMARTS) is 1. The summed E-state index contributed by atoms with van der Waals surface area (Å²) in [6, 6.07) is 10.2. The van der Waals surface area contributed by atoms with Crippen molar-refractivity contribution in [3.63, 3.8) is 0 Å². The Balaban J connectivity index is 1.50. The third kappa shape index (κ3) is 3.49. The average molecular weight is 370 g/mol. The van der Waals surface area contributed by atoms with Crippen molar-refractivity contribution in [1.82, 2.24) is 4.90 Å². The number of carbonyl (C=O) groups excluding carboxylic acids is 1. The molecule has 2 saturated carbocycles. The standard InChI is InChI=1S/C22H30N2O3/c25-20(15-23-14-17-8-7-13-22(17,16-23)21(26)27)24(18-9-3-1-4-10-18)19-11-5-2-6-12-19/h1,3-4,9-10,17,19H,2,5-8,11-16H2,(H,26,27)/t17-,22+/m0/s1. The number of fused-ring (bicyclic) bond motifs is 1. The van der Waals surface area contributed by atoms with Crippen LogP contribution >= 0.6 is 0 Å². The number of rotatable bonds is 5. The summed E-state index contributed by atoms with van der Waals surface area (Å²) in [6.45, 7) is 1.59. The van der Waals surface area contributed by atoms with E-state index in [4.69, 9.17) is 0 Å². The molecule has 0 radical (unpaired) electrons. The van der Waals surface area contributed by atoms with E-state index >= 15 is 0 Å². The first-order valence-electron chi connectivity index (χ1n) is 10.4. The molecule has 1 aliphatic heterocycles. The number of hydrogen-bond acceptors (Lipinski definition) is 3. The fourth-order valence-corrected chi connectivity index (χ4v) is 5.62. The Morgan fingerprint density at radius 2 is 1.81 bits per heavy atom. The van der Waals surface area contributed by atoms with Crippen LogP contribution in [0.5, 0.6) is 0 Å². The SMILES string of the molecule is O=C(CN1C[C@@H]2CCC[C@@]2(C(=O)O)C1)N(c1ccccc1)C1CCCCC1. The van der Waals surface area contributed by atoms with Gasteiger partial charge in [0.1, 0.15) is 0 Å². The molecule has 27 heavy (non-hydrogen) atoms. The summed E-state index contributed by atoms with van der Waals surface area (Å²) in [7, 11) is 0. The Morgan fingerprint density at radius 1 is 1.07 bits per heavy atom. The van der Waals surface area contributed by atoms with Crippen molar-refractivity contribution in [3.8, 4) is 0 Å². The van der Waals surface area contributed by atoms with Gasteiger partial charge in [0, 0.05) is 24.8 Å². The average Bonchev–Trinajstić information content (AvgIpc) is 3.22. The number of likely N-dealkylation sites (tertiary alicyclic amines) is 1. The van der Waals surface area contributed by atoms with E-state index in [9.17, 15) is 14.7 Å². The molecule has 1 aromatic carbocycles. The minimum Gasteiger partial charge on any atom is -0.481 e. The van der Waals surface area contributed by atoms with Gasteiger partial charge in [0.25, 0.3) is 0 Å². The van der Waals surface area contributed by atoms with Crippen LogP contribution in [-0.2, 0) is 9.59 Å². The summed E-state index contributed by atoms with van der Waals surface area (Å²) < 4.78 is 0. The highest BCUT2D eigenvalue weighted by Gasteiger charge is 2.55. The van der Waals surface area contributed by atoms with Crippen LogP contribution in [0.25, 0.3) is 0 Å². The fourth-order valence-electron chi connectivity index (χ4n) is 5.62. The maximum absolute atomic E-state index is 13.3. The molecule has 1 aromatic rings. The predicted octanol–water partition coefficient (Wildman–Crippen LogP) is 3.54. The first kappa shape index (κ1) is 18.5. The van der Waals surface area contributed by atoms with Crippen molar-refractivity contribution >= 4 is 17.6 Å². The molecule has 0 bridgehead atoms. The van der Waals surface area contributed by atoms with Crippen LogP contribution < -0.4 is 4.90 Å². The molecule has 0 aromatic heterocycles. The van der Waals surface area contributed by atoms with Crippen LogP contribution in [0.1, 0.15) is 51.4 Å². The third-order valence-electron chi connectivity index (χ3n) is 6.97. The lowest BCUT2D eigenvalue weighted by Gasteiger charge is -2.35. The number of amides is 1. The molecule has 146 valence electrons. The van der Waals surface area contributed by atoms with E-state index in [0.717, 1.165) is 44.3 Å². The van der Waals surface area contributed by atoms with E-state index < -0.39 is 11.4 Å². The maximum atomic E-state index is 13.3. The molecule has 1 amide bonds. The molecule has 1 saturated heterocycles. The topological polar surface area (TPSA) is 60.9 Å². The largest absolute Gasteiger partial charge is 0.481 e. The lowest BCUT2D eigenvalue weighted by Crippen LogP contribution is -2.47. The van der Waals surface area contributed by atoms with E-state index in [1.807, 2.05) is 35.2 Å². The Hall–Kier alpha value is -1.88. The van der Waals surface area contributed by atoms with Gasteiger partial charge < -0.3 is 10.0 Å². The fraction of sp³-hybridized carbons (Fsp3) is 0.636. The van der Waals surface area contributed by atoms with Crippen molar-refractivity contribution < 1.29 is 14.7 Å². The zero-order valence-electron chi connectivity index (χ0n) is 16.0. The van der Waals surface area contributed by atoms with Crippen molar-refractivity contribution in [2.24, 2.45) is 11.3 Å². The molecular weight excluding hydrogens is 340 g/mol. The van der Waals surface area contributed by atoms with Crippen molar-refractivity contribution in [1.29, 1.82) is 0 Å². The minimum absolute atomic E-state index is 0.119. The minimum atomic E-state index is -0.674. The summed E-state index contributed by atoms with van der Waals surface area (Å²) in [5.74, 6) is -0.358. The molecule has 0 spiro atoms. The van der Waals surface area contributed by atoms with Crippen LogP contribution in [-0.4, -0.2) is 47.6 Å². The molecule has 3 fully saturated rings. The van der Waals surface area contributed by atoms with E-state index in [2.05, 4.69) is 4.90 Å². The number of hydrogen-bond donors (Lipinski definition) is 1. The van der Waals surface area contributed by atoms with Gasteiger partial charge in [0.05, 0.1) is 12.0 Å². The molecule has 5 nitrogen and oxygen atoms in total. The van der Waals surface area contributed by atoms with Gasteiger partial charge in [-0.2, -0.15) is 0 Å². The quantitative estimate of drug-likeness (QED) is 0.861. The first-order chi connectivity index (χ1) is 13.1. The summed E-state index contributed by atoms with van der Waals surface area (Å²) in [5.41, 5.74) is 0.352. The van der Waals surface area contributed by atoms with Crippen molar-refractivity contribution in [2.75, 3.05) is 24.5 Å². The molecule has 1 heterocycles. The number of para-hydroxylation sites is 1. The Bertz CT molecular complexity index is 686. The summed E-state index contributed by atoms with van der Waals surface area (Å²) in [6.07, 6.45) is 8.44. The second-order valence-electron chi connectivity index (χ2n) is 8.61. The highest BCUT2D eigenvalue weighted by Crippen LogP contribution is 2.48. The molecule has 4 rings (SSSR count). The highest BCUT2D eigenvalue weighted by molar-refractivity contribution is 5.95.